The minimum absolute atomic E-state index is 0.0933. The minimum Gasteiger partial charge on any atom is -0.494 e. The molecule has 116 valence electrons. The van der Waals surface area contributed by atoms with Crippen molar-refractivity contribution in [3.05, 3.63) is 65.7 Å². The van der Waals surface area contributed by atoms with Gasteiger partial charge in [-0.05, 0) is 43.0 Å². The van der Waals surface area contributed by atoms with Crippen molar-refractivity contribution in [1.82, 2.24) is 0 Å². The first-order valence-corrected chi connectivity index (χ1v) is 8.07. The lowest BCUT2D eigenvalue weighted by Crippen LogP contribution is -2.12. The predicted molar refractivity (Wildman–Crippen MR) is 90.8 cm³/mol. The Kier molecular flexibility index (Phi) is 6.47. The summed E-state index contributed by atoms with van der Waals surface area (Å²) in [5.74, 6) is 1.54. The summed E-state index contributed by atoms with van der Waals surface area (Å²) < 4.78 is 5.59. The van der Waals surface area contributed by atoms with Crippen LogP contribution in [0.15, 0.2) is 54.6 Å². The maximum Gasteiger partial charge on any atom is 0.137 e. The van der Waals surface area contributed by atoms with E-state index in [1.165, 1.54) is 0 Å². The molecule has 2 nitrogen and oxygen atoms in total. The Morgan fingerprint density at radius 1 is 1.09 bits per heavy atom. The fourth-order valence-corrected chi connectivity index (χ4v) is 2.49. The highest BCUT2D eigenvalue weighted by Crippen LogP contribution is 2.23. The highest BCUT2D eigenvalue weighted by atomic mass is 35.5. The highest BCUT2D eigenvalue weighted by Gasteiger charge is 2.17. The van der Waals surface area contributed by atoms with Gasteiger partial charge >= 0.3 is 0 Å². The number of carbonyl (C=O) groups excluding carboxylic acids is 1. The second kappa shape index (κ2) is 8.60. The zero-order valence-corrected chi connectivity index (χ0v) is 13.6. The van der Waals surface area contributed by atoms with Gasteiger partial charge < -0.3 is 4.74 Å². The molecule has 2 aromatic rings. The molecule has 0 fully saturated rings. The van der Waals surface area contributed by atoms with Crippen LogP contribution in [-0.2, 0) is 11.2 Å². The van der Waals surface area contributed by atoms with Gasteiger partial charge in [0.15, 0.2) is 0 Å². The van der Waals surface area contributed by atoms with Gasteiger partial charge in [0, 0.05) is 11.8 Å². The molecule has 0 amide bonds. The molecule has 1 atom stereocenters. The van der Waals surface area contributed by atoms with Gasteiger partial charge in [-0.2, -0.15) is 0 Å². The maximum atomic E-state index is 12.0. The van der Waals surface area contributed by atoms with Crippen molar-refractivity contribution in [2.75, 3.05) is 12.5 Å². The van der Waals surface area contributed by atoms with E-state index in [9.17, 15) is 4.79 Å². The van der Waals surface area contributed by atoms with E-state index in [0.29, 0.717) is 18.9 Å². The number of Topliss-reactive ketones (excluding diaryl/α,β-unsaturated/α-hetero) is 1. The Morgan fingerprint density at radius 2 is 1.77 bits per heavy atom. The molecule has 1 unspecified atom stereocenters. The van der Waals surface area contributed by atoms with E-state index in [0.717, 1.165) is 23.3 Å². The van der Waals surface area contributed by atoms with Crippen LogP contribution in [0.5, 0.6) is 5.75 Å². The lowest BCUT2D eigenvalue weighted by atomic mass is 9.89. The van der Waals surface area contributed by atoms with Crippen LogP contribution < -0.4 is 4.74 Å². The van der Waals surface area contributed by atoms with Crippen LogP contribution in [0.1, 0.15) is 30.4 Å². The van der Waals surface area contributed by atoms with Gasteiger partial charge in [-0.3, -0.25) is 4.79 Å². The topological polar surface area (TPSA) is 26.3 Å². The van der Waals surface area contributed by atoms with Crippen LogP contribution in [-0.4, -0.2) is 18.3 Å². The first-order chi connectivity index (χ1) is 10.7. The van der Waals surface area contributed by atoms with Crippen molar-refractivity contribution in [3.63, 3.8) is 0 Å². The molecule has 0 heterocycles. The van der Waals surface area contributed by atoms with E-state index >= 15 is 0 Å². The minimum atomic E-state index is -0.0933. The molecule has 0 saturated carbocycles. The number of benzene rings is 2. The average Bonchev–Trinajstić information content (AvgIpc) is 2.55. The third-order valence-electron chi connectivity index (χ3n) is 3.60. The van der Waals surface area contributed by atoms with E-state index in [1.807, 2.05) is 54.6 Å². The summed E-state index contributed by atoms with van der Waals surface area (Å²) in [7, 11) is 0. The SMILES string of the molecule is CC(=O)C(Cc1ccc(OCCCCl)cc1)c1ccccc1. The second-order valence-electron chi connectivity index (χ2n) is 5.31. The Bertz CT molecular complexity index is 578. The van der Waals surface area contributed by atoms with E-state index in [4.69, 9.17) is 16.3 Å². The van der Waals surface area contributed by atoms with Gasteiger partial charge in [-0.25, -0.2) is 0 Å². The molecule has 0 aliphatic carbocycles. The van der Waals surface area contributed by atoms with Crippen LogP contribution in [0, 0.1) is 0 Å². The smallest absolute Gasteiger partial charge is 0.137 e. The summed E-state index contributed by atoms with van der Waals surface area (Å²) in [5.41, 5.74) is 2.20. The van der Waals surface area contributed by atoms with Gasteiger partial charge in [0.2, 0.25) is 0 Å². The monoisotopic (exact) mass is 316 g/mol. The number of alkyl halides is 1. The number of hydrogen-bond donors (Lipinski definition) is 0. The number of rotatable bonds is 8. The van der Waals surface area contributed by atoms with Gasteiger partial charge in [0.05, 0.1) is 6.61 Å². The van der Waals surface area contributed by atoms with Gasteiger partial charge in [0.1, 0.15) is 11.5 Å². The van der Waals surface area contributed by atoms with Gasteiger partial charge in [-0.1, -0.05) is 42.5 Å². The molecular formula is C19H21ClO2. The molecular weight excluding hydrogens is 296 g/mol. The van der Waals surface area contributed by atoms with E-state index in [-0.39, 0.29) is 11.7 Å². The molecule has 2 aromatic carbocycles. The Labute approximate surface area is 137 Å². The standard InChI is InChI=1S/C19H21ClO2/c1-15(21)19(17-6-3-2-4-7-17)14-16-8-10-18(11-9-16)22-13-5-12-20/h2-4,6-11,19H,5,12-14H2,1H3. The van der Waals surface area contributed by atoms with Gasteiger partial charge in [-0.15, -0.1) is 11.6 Å². The second-order valence-corrected chi connectivity index (χ2v) is 5.69. The van der Waals surface area contributed by atoms with Crippen molar-refractivity contribution in [2.45, 2.75) is 25.7 Å². The number of carbonyl (C=O) groups is 1. The molecule has 2 rings (SSSR count). The summed E-state index contributed by atoms with van der Waals surface area (Å²) in [6, 6.07) is 17.9. The fraction of sp³-hybridized carbons (Fsp3) is 0.316. The molecule has 0 aliphatic heterocycles. The fourth-order valence-electron chi connectivity index (χ4n) is 2.38. The molecule has 3 heteroatoms. The number of hydrogen-bond acceptors (Lipinski definition) is 2. The van der Waals surface area contributed by atoms with Crippen LogP contribution in [0.2, 0.25) is 0 Å². The Balaban J connectivity index is 2.03. The summed E-state index contributed by atoms with van der Waals surface area (Å²) in [4.78, 5) is 12.0. The molecule has 22 heavy (non-hydrogen) atoms. The zero-order valence-electron chi connectivity index (χ0n) is 12.8. The summed E-state index contributed by atoms with van der Waals surface area (Å²) in [6.07, 6.45) is 1.55. The zero-order chi connectivity index (χ0) is 15.8. The van der Waals surface area contributed by atoms with Crippen LogP contribution in [0.3, 0.4) is 0 Å². The molecule has 0 spiro atoms. The predicted octanol–water partition coefficient (Wildman–Crippen LogP) is 4.61. The highest BCUT2D eigenvalue weighted by molar-refractivity contribution is 6.17. The van der Waals surface area contributed by atoms with Crippen molar-refractivity contribution >= 4 is 17.4 Å². The van der Waals surface area contributed by atoms with Crippen molar-refractivity contribution in [2.24, 2.45) is 0 Å². The van der Waals surface area contributed by atoms with E-state index < -0.39 is 0 Å². The first-order valence-electron chi connectivity index (χ1n) is 7.54. The third kappa shape index (κ3) is 4.88. The average molecular weight is 317 g/mol. The molecule has 0 saturated heterocycles. The molecule has 0 aliphatic rings. The van der Waals surface area contributed by atoms with E-state index in [2.05, 4.69) is 0 Å². The number of halogens is 1. The van der Waals surface area contributed by atoms with Crippen molar-refractivity contribution in [1.29, 1.82) is 0 Å². The molecule has 0 aromatic heterocycles. The lowest BCUT2D eigenvalue weighted by Gasteiger charge is -2.15. The normalized spacial score (nSPS) is 11.9. The third-order valence-corrected chi connectivity index (χ3v) is 3.87. The quantitative estimate of drug-likeness (QED) is 0.525. The number of ether oxygens (including phenoxy) is 1. The first kappa shape index (κ1) is 16.6. The molecule has 0 N–H and O–H groups in total. The largest absolute Gasteiger partial charge is 0.494 e. The van der Waals surface area contributed by atoms with Crippen LogP contribution in [0.4, 0.5) is 0 Å². The van der Waals surface area contributed by atoms with Gasteiger partial charge in [0.25, 0.3) is 0 Å². The summed E-state index contributed by atoms with van der Waals surface area (Å²) in [5, 5.41) is 0. The van der Waals surface area contributed by atoms with Crippen LogP contribution >= 0.6 is 11.6 Å². The number of ketones is 1. The lowest BCUT2D eigenvalue weighted by molar-refractivity contribution is -0.118. The summed E-state index contributed by atoms with van der Waals surface area (Å²) >= 11 is 5.63. The van der Waals surface area contributed by atoms with Crippen molar-refractivity contribution < 1.29 is 9.53 Å². The molecule has 0 bridgehead atoms. The molecule has 0 radical (unpaired) electrons. The Morgan fingerprint density at radius 3 is 2.36 bits per heavy atom. The Hall–Kier alpha value is -1.80. The van der Waals surface area contributed by atoms with Crippen LogP contribution in [0.25, 0.3) is 0 Å². The maximum absolute atomic E-state index is 12.0. The van der Waals surface area contributed by atoms with Crippen molar-refractivity contribution in [3.8, 4) is 5.75 Å². The summed E-state index contributed by atoms with van der Waals surface area (Å²) in [6.45, 7) is 2.28. The van der Waals surface area contributed by atoms with E-state index in [1.54, 1.807) is 6.92 Å².